The molecule has 0 saturated carbocycles. The number of benzene rings is 15. The van der Waals surface area contributed by atoms with Crippen molar-refractivity contribution in [2.24, 2.45) is 0 Å². The van der Waals surface area contributed by atoms with Crippen molar-refractivity contribution in [1.29, 1.82) is 0 Å². The topological polar surface area (TPSA) is 35.9 Å². The molecule has 0 saturated heterocycles. The second kappa shape index (κ2) is 27.6. The highest BCUT2D eigenvalue weighted by Gasteiger charge is 2.46. The van der Waals surface area contributed by atoms with Crippen molar-refractivity contribution in [1.82, 2.24) is 14.1 Å². The van der Waals surface area contributed by atoms with Crippen LogP contribution in [0.15, 0.2) is 393 Å². The lowest BCUT2D eigenvalue weighted by atomic mass is 9.95. The Labute approximate surface area is 695 Å². The number of aryl methyl sites for hydroxylation is 3. The van der Waals surface area contributed by atoms with E-state index in [2.05, 4.69) is 11.3 Å². The largest absolute Gasteiger partial charge is 0.458 e. The second-order valence-corrected chi connectivity index (χ2v) is 30.6. The van der Waals surface area contributed by atoms with Crippen LogP contribution in [0, 0.1) is 26.9 Å². The van der Waals surface area contributed by atoms with E-state index in [-0.39, 0.29) is 39.6 Å². The number of hydrogen-bond donors (Lipinski definition) is 0. The molecule has 0 bridgehead atoms. The number of aromatic nitrogens is 4. The van der Waals surface area contributed by atoms with Gasteiger partial charge in [-0.05, 0) is 172 Å². The van der Waals surface area contributed by atoms with Crippen LogP contribution >= 0.6 is 0 Å². The van der Waals surface area contributed by atoms with Gasteiger partial charge in [-0.2, -0.15) is 0 Å². The van der Waals surface area contributed by atoms with Gasteiger partial charge in [-0.15, -0.1) is 0 Å². The predicted octanol–water partition coefficient (Wildman–Crippen LogP) is 18.3. The van der Waals surface area contributed by atoms with Gasteiger partial charge >= 0.3 is 0 Å². The molecule has 0 unspecified atom stereocenters. The van der Waals surface area contributed by atoms with Crippen molar-refractivity contribution >= 4 is 90.5 Å². The fourth-order valence-electron chi connectivity index (χ4n) is 13.4. The third kappa shape index (κ3) is 11.3. The molecule has 504 valence electrons. The van der Waals surface area contributed by atoms with E-state index < -0.39 is 411 Å². The summed E-state index contributed by atoms with van der Waals surface area (Å²) in [6, 6.07) is -35.4. The van der Waals surface area contributed by atoms with Crippen molar-refractivity contribution in [2.75, 3.05) is 0 Å². The smallest absolute Gasteiger partial charge is 0.269 e. The minimum atomic E-state index is -7.37. The normalized spacial score (nSPS) is 19.2. The molecule has 0 N–H and O–H groups in total. The second-order valence-electron chi connectivity index (χ2n) is 23.6. The van der Waals surface area contributed by atoms with Crippen LogP contribution in [0.4, 0.5) is 0 Å². The van der Waals surface area contributed by atoms with Crippen molar-refractivity contribution in [3.63, 3.8) is 0 Å². The molecule has 3 heterocycles. The summed E-state index contributed by atoms with van der Waals surface area (Å²) < 4.78 is 523. The zero-order valence-electron chi connectivity index (χ0n) is 107. The van der Waals surface area contributed by atoms with Gasteiger partial charge in [-0.1, -0.05) is 327 Å². The Balaban J connectivity index is 1.11. The maximum Gasteiger partial charge on any atom is 0.269 e. The van der Waals surface area contributed by atoms with Gasteiger partial charge in [0.1, 0.15) is 17.3 Å². The lowest BCUT2D eigenvalue weighted by Crippen LogP contribution is -2.76. The molecule has 0 aliphatic rings. The highest BCUT2D eigenvalue weighted by Crippen LogP contribution is 2.39. The molecule has 15 aromatic carbocycles. The summed E-state index contributed by atoms with van der Waals surface area (Å²) >= 11 is 0. The monoisotopic (exact) mass is 1440 g/mol. The van der Waals surface area contributed by atoms with E-state index in [1.807, 2.05) is 0 Å². The molecular weight excluding hydrogens is 1320 g/mol. The Kier molecular flexibility index (Phi) is 7.71. The van der Waals surface area contributed by atoms with Gasteiger partial charge in [-0.25, -0.2) is 4.98 Å². The number of hydrogen-bond acceptors (Lipinski definition) is 2. The van der Waals surface area contributed by atoms with E-state index in [1.54, 1.807) is 30.3 Å². The van der Waals surface area contributed by atoms with Gasteiger partial charge < -0.3 is 4.74 Å². The summed E-state index contributed by atoms with van der Waals surface area (Å²) in [5.41, 5.74) is -10.6. The third-order valence-corrected chi connectivity index (χ3v) is 26.1. The van der Waals surface area contributed by atoms with Gasteiger partial charge in [0.15, 0.2) is 16.1 Å². The molecule has 0 fully saturated rings. The molecule has 0 aliphatic carbocycles. The zero-order chi connectivity index (χ0) is 117. The van der Waals surface area contributed by atoms with Gasteiger partial charge in [0, 0.05) is 40.9 Å². The van der Waals surface area contributed by atoms with Gasteiger partial charge in [0.05, 0.1) is 93.8 Å². The first-order valence-corrected chi connectivity index (χ1v) is 36.0. The number of ether oxygens (including phenoxy) is 1. The molecule has 18 aromatic rings. The lowest BCUT2D eigenvalue weighted by molar-refractivity contribution is -0.570. The van der Waals surface area contributed by atoms with Crippen LogP contribution < -0.4 is 50.8 Å². The van der Waals surface area contributed by atoms with Crippen LogP contribution in [0.3, 0.4) is 0 Å². The number of imidazole rings is 1. The van der Waals surface area contributed by atoms with E-state index in [0.717, 1.165) is 57.8 Å². The number of rotatable bonds is 17. The Hall–Kier alpha value is -13.0. The molecule has 0 atom stereocenters. The van der Waals surface area contributed by atoms with Gasteiger partial charge in [0.25, 0.3) is 6.33 Å². The molecule has 7 heteroatoms. The van der Waals surface area contributed by atoms with Crippen molar-refractivity contribution in [2.45, 2.75) is 20.6 Å². The summed E-state index contributed by atoms with van der Waals surface area (Å²) in [5, 5.41) is -10.6. The number of pyridine rings is 1. The first-order valence-electron chi connectivity index (χ1n) is 58.5. The first kappa shape index (κ1) is 29.6. The average molecular weight is 1450 g/mol. The van der Waals surface area contributed by atoms with E-state index in [4.69, 9.17) is 29.4 Å². The maximum absolute atomic E-state index is 11.8. The Morgan fingerprint density at radius 2 is 0.896 bits per heavy atom. The van der Waals surface area contributed by atoms with Crippen LogP contribution in [0.5, 0.6) is 11.5 Å². The lowest BCUT2D eigenvalue weighted by Gasteiger charge is -2.37. The average Bonchev–Trinajstić information content (AvgIpc) is 1.40. The Bertz CT molecular complexity index is 8880. The van der Waals surface area contributed by atoms with Crippen molar-refractivity contribution < 1.29 is 82.0 Å². The highest BCUT2D eigenvalue weighted by atomic mass is 28.3. The molecule has 106 heavy (non-hydrogen) atoms. The third-order valence-electron chi connectivity index (χ3n) is 17.9. The Morgan fingerprint density at radius 1 is 0.377 bits per heavy atom. The van der Waals surface area contributed by atoms with Crippen LogP contribution in [0.1, 0.15) is 89.3 Å². The van der Waals surface area contributed by atoms with Gasteiger partial charge in [0.2, 0.25) is 0 Å². The highest BCUT2D eigenvalue weighted by molar-refractivity contribution is 7.21. The SMILES string of the molecule is [2H]c1c([2H])c([2H])c(-c2cc(-c3c([2H])c([2H])c([2H])c([Si](c4c([2H])c([2H])c([2H])c([2H])c4[2H])(c4c([2H])c([2H])c([2H])c([2H])c4[2H])c4c([2H])c([2H])c([2H])c([2H])c4[2H])c3[2H])c(-[n+]3[c-]n(-c4cccc(Oc5ccc6c7ccccc7n(-c7cc(C([2H])([2H])[2H])c(-c8c([2H])c([2H])c([2H])c([2H])c8[2H])cn7)c6c5)c4)c4cc(-c5c(C([2H])([2H])[2H])cccc5C([2H])([2H])[2H])ccc43)c([Si](c3c([2H])c([2H])c([2H])c([2H])c3[2H])(c3c([2H])c([2H])c([2H])c([2H])c3[2H])c3c([2H])c([2H])c([2H])c([2H])c3[2H])c2)c([2H])c1[2H]. The summed E-state index contributed by atoms with van der Waals surface area (Å²) in [5.74, 6) is -0.431. The predicted molar refractivity (Wildman–Crippen MR) is 445 cm³/mol. The molecule has 0 amide bonds. The first-order chi connectivity index (χ1) is 74.2. The minimum absolute atomic E-state index is 0.0867. The van der Waals surface area contributed by atoms with E-state index in [0.29, 0.717) is 28.4 Å². The summed E-state index contributed by atoms with van der Waals surface area (Å²) in [4.78, 5) is 4.68. The quantitative estimate of drug-likeness (QED) is 0.0394. The summed E-state index contributed by atoms with van der Waals surface area (Å²) in [6.07, 6.45) is 4.19. The maximum atomic E-state index is 11.8. The van der Waals surface area contributed by atoms with E-state index >= 15 is 0 Å². The fraction of sp³-hybridized carbons (Fsp3) is 0.0303. The molecule has 0 aliphatic heterocycles. The number of para-hydroxylation sites is 1. The molecular formula is C99H74N4OSi2. The van der Waals surface area contributed by atoms with Crippen LogP contribution in [-0.2, 0) is 0 Å². The Morgan fingerprint density at radius 3 is 1.49 bits per heavy atom. The van der Waals surface area contributed by atoms with Crippen LogP contribution in [0.25, 0.3) is 94.5 Å². The zero-order valence-corrected chi connectivity index (χ0v) is 56.3. The van der Waals surface area contributed by atoms with E-state index in [9.17, 15) is 48.0 Å². The van der Waals surface area contributed by atoms with Gasteiger partial charge in [-0.3, -0.25) is 13.7 Å². The van der Waals surface area contributed by atoms with Crippen molar-refractivity contribution in [3.05, 3.63) is 416 Å². The van der Waals surface area contributed by atoms with Crippen LogP contribution in [-0.4, -0.2) is 30.3 Å². The minimum Gasteiger partial charge on any atom is -0.458 e. The van der Waals surface area contributed by atoms with E-state index in [1.165, 1.54) is 41.0 Å². The van der Waals surface area contributed by atoms with Crippen molar-refractivity contribution in [3.8, 4) is 73.2 Å². The summed E-state index contributed by atoms with van der Waals surface area (Å²) in [6.45, 7) is -9.66. The standard InChI is InChI=1S/C99H74N4OSi2/c1-70-33-30-34-71(2)98(70)76-57-60-93-95(64-76)101(78-40-32-41-79(66-78)104-80-58-59-89-88-55-28-29-56-92(88)103(94(89)67-80)97-61-72(3)91(68-100-97)74-37-14-5-15-38-74)69-102(93)99-90(75-39-31-54-87(62-75)105(81-42-16-6-17-43-81,82-44-18-7-19-45-82)83-46-20-8-21-47-83)63-77(73-35-12-4-13-36-73)65-96(99)106(84-48-22-9-23-49-84,85-50-24-10-25-51-85)86-52-26-11-27-53-86/h4-68H,1-3H3/i1D3,2D3,3D3,4D,5D,6D,7D,8D,9D,10D,11D,12D,13D,14D,15D,16D,17D,18D,19D,20D,21D,22D,23D,24D,25D,26D,27D,31D,35D,36D,37D,38D,39D,42D,43D,44D,45D,46D,47D,48D,49D,50D,51D,52D,53D,54D,62D. The molecule has 3 aromatic heterocycles. The fourth-order valence-corrected chi connectivity index (χ4v) is 21.0. The molecule has 0 spiro atoms. The molecule has 18 rings (SSSR count). The molecule has 5 nitrogen and oxygen atoms in total. The number of fused-ring (bicyclic) bond motifs is 4. The summed E-state index contributed by atoms with van der Waals surface area (Å²) in [7, 11) is -14.6. The van der Waals surface area contributed by atoms with Crippen LogP contribution in [0.2, 0.25) is 0 Å². The molecule has 0 radical (unpaired) electrons. The number of nitrogens with zero attached hydrogens (tertiary/aromatic N) is 4.